The summed E-state index contributed by atoms with van der Waals surface area (Å²) in [5.41, 5.74) is 1.84. The Bertz CT molecular complexity index is 1060. The van der Waals surface area contributed by atoms with Gasteiger partial charge in [0.25, 0.3) is 0 Å². The lowest BCUT2D eigenvalue weighted by molar-refractivity contribution is -0.169. The van der Waals surface area contributed by atoms with Gasteiger partial charge in [-0.3, -0.25) is 4.79 Å². The summed E-state index contributed by atoms with van der Waals surface area (Å²) < 4.78 is 0. The van der Waals surface area contributed by atoms with Gasteiger partial charge in [0.05, 0.1) is 23.9 Å². The van der Waals surface area contributed by atoms with Crippen LogP contribution >= 0.6 is 0 Å². The van der Waals surface area contributed by atoms with E-state index in [-0.39, 0.29) is 35.4 Å². The van der Waals surface area contributed by atoms with Crippen molar-refractivity contribution in [2.45, 2.75) is 129 Å². The molecule has 6 heteroatoms. The molecule has 0 bridgehead atoms. The number of hydrogen-bond donors (Lipinski definition) is 5. The fourth-order valence-electron chi connectivity index (χ4n) is 10.8. The van der Waals surface area contributed by atoms with Crippen molar-refractivity contribution in [3.63, 3.8) is 0 Å². The monoisotopic (exact) mass is 571 g/mol. The van der Waals surface area contributed by atoms with Crippen molar-refractivity contribution in [2.75, 3.05) is 13.6 Å². The van der Waals surface area contributed by atoms with E-state index in [1.54, 1.807) is 11.6 Å². The van der Waals surface area contributed by atoms with Gasteiger partial charge >= 0.3 is 0 Å². The minimum absolute atomic E-state index is 0.00709. The first-order chi connectivity index (χ1) is 19.3. The lowest BCUT2D eigenvalue weighted by atomic mass is 9.44. The number of nitrogens with one attached hydrogen (secondary N) is 1. The third kappa shape index (κ3) is 4.92. The van der Waals surface area contributed by atoms with Crippen LogP contribution in [0, 0.1) is 46.3 Å². The predicted molar refractivity (Wildman–Crippen MR) is 162 cm³/mol. The van der Waals surface area contributed by atoms with Crippen LogP contribution in [0.15, 0.2) is 22.8 Å². The van der Waals surface area contributed by atoms with Gasteiger partial charge < -0.3 is 25.7 Å². The summed E-state index contributed by atoms with van der Waals surface area (Å²) in [6.45, 7) is 11.5. The zero-order valence-corrected chi connectivity index (χ0v) is 26.5. The maximum Gasteiger partial charge on any atom is 0.159 e. The highest BCUT2D eigenvalue weighted by molar-refractivity contribution is 5.95. The van der Waals surface area contributed by atoms with Gasteiger partial charge in [-0.1, -0.05) is 52.2 Å². The van der Waals surface area contributed by atoms with Crippen LogP contribution in [0.4, 0.5) is 0 Å². The van der Waals surface area contributed by atoms with Crippen LogP contribution in [0.2, 0.25) is 0 Å². The van der Waals surface area contributed by atoms with E-state index in [4.69, 9.17) is 0 Å². The molecule has 5 aliphatic carbocycles. The number of fused-ring (bicyclic) bond motifs is 5. The van der Waals surface area contributed by atoms with E-state index in [1.807, 2.05) is 7.05 Å². The van der Waals surface area contributed by atoms with Gasteiger partial charge in [-0.05, 0) is 112 Å². The molecule has 0 spiro atoms. The fourth-order valence-corrected chi connectivity index (χ4v) is 10.8. The van der Waals surface area contributed by atoms with Gasteiger partial charge in [-0.15, -0.1) is 0 Å². The van der Waals surface area contributed by atoms with E-state index >= 15 is 0 Å². The molecular weight excluding hydrogens is 514 g/mol. The average molecular weight is 572 g/mol. The molecule has 5 N–H and O–H groups in total. The van der Waals surface area contributed by atoms with Crippen LogP contribution in [0.3, 0.4) is 0 Å². The molecule has 0 heterocycles. The zero-order chi connectivity index (χ0) is 29.9. The van der Waals surface area contributed by atoms with E-state index in [9.17, 15) is 25.2 Å². The third-order valence-corrected chi connectivity index (χ3v) is 13.1. The molecule has 0 radical (unpaired) electrons. The summed E-state index contributed by atoms with van der Waals surface area (Å²) in [6.07, 6.45) is 9.82. The van der Waals surface area contributed by atoms with Crippen LogP contribution in [0.25, 0.3) is 0 Å². The molecular formula is C35H57NO5. The van der Waals surface area contributed by atoms with Crippen molar-refractivity contribution < 1.29 is 25.2 Å². The minimum Gasteiger partial charge on any atom is -0.393 e. The summed E-state index contributed by atoms with van der Waals surface area (Å²) in [6, 6.07) is 0. The number of carbonyl (C=O) groups excluding carboxylic acids is 1. The molecule has 4 saturated carbocycles. The fraction of sp³-hybridized carbons (Fsp3) is 0.857. The van der Waals surface area contributed by atoms with Crippen molar-refractivity contribution in [3.8, 4) is 0 Å². The highest BCUT2D eigenvalue weighted by atomic mass is 16.3. The molecule has 4 fully saturated rings. The number of aliphatic hydroxyl groups is 4. The number of carbonyl (C=O) groups is 1. The summed E-state index contributed by atoms with van der Waals surface area (Å²) >= 11 is 0. The van der Waals surface area contributed by atoms with Crippen molar-refractivity contribution in [2.24, 2.45) is 46.3 Å². The Balaban J connectivity index is 1.43. The Hall–Kier alpha value is -1.05. The Morgan fingerprint density at radius 3 is 2.39 bits per heavy atom. The third-order valence-electron chi connectivity index (χ3n) is 13.1. The minimum atomic E-state index is -1.10. The SMILES string of the molecule is CNC[C@@H]1[C@@H](O)[C@@H](O)C[C@@]2(C)[C@@H]1C(=O)C=C1[C@@H]2CC[C@]2(C)[C@@H]([C@H](C)[C@H](O)CC(=C3CCCCC3)C(C)C)CC[C@@]12O. The van der Waals surface area contributed by atoms with Crippen molar-refractivity contribution in [1.29, 1.82) is 0 Å². The number of aliphatic hydroxyl groups excluding tert-OH is 3. The van der Waals surface area contributed by atoms with Gasteiger partial charge in [0, 0.05) is 23.8 Å². The Morgan fingerprint density at radius 1 is 1.07 bits per heavy atom. The van der Waals surface area contributed by atoms with Gasteiger partial charge in [0.1, 0.15) is 0 Å². The van der Waals surface area contributed by atoms with Gasteiger partial charge in [-0.25, -0.2) is 0 Å². The summed E-state index contributed by atoms with van der Waals surface area (Å²) in [5, 5.41) is 49.2. The molecule has 0 amide bonds. The molecule has 5 aliphatic rings. The lowest BCUT2D eigenvalue weighted by Gasteiger charge is -2.61. The molecule has 0 aromatic rings. The molecule has 5 rings (SSSR count). The quantitative estimate of drug-likeness (QED) is 0.277. The maximum absolute atomic E-state index is 13.9. The molecule has 0 aromatic carbocycles. The van der Waals surface area contributed by atoms with Crippen molar-refractivity contribution >= 4 is 5.78 Å². The van der Waals surface area contributed by atoms with Gasteiger partial charge in [-0.2, -0.15) is 0 Å². The van der Waals surface area contributed by atoms with Crippen LogP contribution in [-0.4, -0.2) is 63.7 Å². The second kappa shape index (κ2) is 11.5. The Kier molecular flexibility index (Phi) is 8.77. The van der Waals surface area contributed by atoms with E-state index in [0.29, 0.717) is 25.3 Å². The lowest BCUT2D eigenvalue weighted by Crippen LogP contribution is -2.64. The molecule has 0 unspecified atom stereocenters. The molecule has 0 aliphatic heterocycles. The zero-order valence-electron chi connectivity index (χ0n) is 26.5. The van der Waals surface area contributed by atoms with E-state index < -0.39 is 34.7 Å². The Labute approximate surface area is 248 Å². The predicted octanol–water partition coefficient (Wildman–Crippen LogP) is 4.94. The largest absolute Gasteiger partial charge is 0.393 e. The van der Waals surface area contributed by atoms with E-state index in [0.717, 1.165) is 31.3 Å². The first-order valence-electron chi connectivity index (χ1n) is 16.7. The second-order valence-electron chi connectivity index (χ2n) is 15.5. The smallest absolute Gasteiger partial charge is 0.159 e. The molecule has 11 atom stereocenters. The van der Waals surface area contributed by atoms with E-state index in [1.165, 1.54) is 37.7 Å². The van der Waals surface area contributed by atoms with Crippen LogP contribution in [-0.2, 0) is 4.79 Å². The first-order valence-corrected chi connectivity index (χ1v) is 16.7. The molecule has 41 heavy (non-hydrogen) atoms. The second-order valence-corrected chi connectivity index (χ2v) is 15.5. The molecule has 0 saturated heterocycles. The van der Waals surface area contributed by atoms with E-state index in [2.05, 4.69) is 39.9 Å². The highest BCUT2D eigenvalue weighted by Gasteiger charge is 2.68. The van der Waals surface area contributed by atoms with Gasteiger partial charge in [0.15, 0.2) is 5.78 Å². The normalized spacial score (nSPS) is 44.1. The number of allylic oxidation sites excluding steroid dienone is 2. The molecule has 232 valence electrons. The summed E-state index contributed by atoms with van der Waals surface area (Å²) in [5.74, 6) is -0.131. The number of rotatable bonds is 7. The van der Waals surface area contributed by atoms with Gasteiger partial charge in [0.2, 0.25) is 0 Å². The average Bonchev–Trinajstić information content (AvgIpc) is 3.21. The highest BCUT2D eigenvalue weighted by Crippen LogP contribution is 2.68. The van der Waals surface area contributed by atoms with Crippen LogP contribution < -0.4 is 5.32 Å². The topological polar surface area (TPSA) is 110 Å². The standard InChI is InChI=1S/C35H57NO5/c1-20(2)23(22-10-8-7-9-11-22)16-28(37)21(3)25-13-15-35(41)27-17-29(38)31-24(19-36-6)32(40)30(39)18-33(31,4)26(27)12-14-34(25,35)5/h17,20-21,24-26,28,30-32,36-37,39-41H,7-16,18-19H2,1-6H3/t21-,24-,25+,26-,28+,30-,31-,32+,33+,34+,35+/m0/s1. The van der Waals surface area contributed by atoms with Crippen molar-refractivity contribution in [1.82, 2.24) is 5.32 Å². The summed E-state index contributed by atoms with van der Waals surface area (Å²) in [7, 11) is 1.82. The first kappa shape index (κ1) is 31.4. The Morgan fingerprint density at radius 2 is 1.76 bits per heavy atom. The summed E-state index contributed by atoms with van der Waals surface area (Å²) in [4.78, 5) is 13.9. The van der Waals surface area contributed by atoms with Crippen molar-refractivity contribution in [3.05, 3.63) is 22.8 Å². The number of hydrogen-bond acceptors (Lipinski definition) is 6. The van der Waals surface area contributed by atoms with Crippen LogP contribution in [0.5, 0.6) is 0 Å². The molecule has 6 nitrogen and oxygen atoms in total. The number of ketones is 1. The maximum atomic E-state index is 13.9. The molecule has 0 aromatic heterocycles. The van der Waals surface area contributed by atoms with Crippen LogP contribution in [0.1, 0.15) is 105 Å².